The number of anilines is 2. The lowest BCUT2D eigenvalue weighted by Crippen LogP contribution is -2.26. The quantitative estimate of drug-likeness (QED) is 0.132. The zero-order valence-corrected chi connectivity index (χ0v) is 23.5. The second-order valence-corrected chi connectivity index (χ2v) is 12.1. The summed E-state index contributed by atoms with van der Waals surface area (Å²) in [4.78, 5) is 26.7. The van der Waals surface area contributed by atoms with Crippen molar-refractivity contribution in [2.75, 3.05) is 17.6 Å². The van der Waals surface area contributed by atoms with Gasteiger partial charge in [0.1, 0.15) is 11.5 Å². The minimum absolute atomic E-state index is 0.238. The Kier molecular flexibility index (Phi) is 8.57. The highest BCUT2D eigenvalue weighted by Gasteiger charge is 2.33. The number of amides is 1. The molecule has 0 aliphatic rings. The molecule has 1 amide bonds. The number of nitrogens with zero attached hydrogens (tertiary/aromatic N) is 3. The molecule has 2 aromatic carbocycles. The van der Waals surface area contributed by atoms with E-state index in [1.165, 1.54) is 34.9 Å². The third kappa shape index (κ3) is 6.93. The molecule has 2 N–H and O–H groups in total. The van der Waals surface area contributed by atoms with E-state index < -0.39 is 11.9 Å². The Morgan fingerprint density at radius 3 is 2.65 bits per heavy atom. The van der Waals surface area contributed by atoms with E-state index in [0.717, 1.165) is 20.7 Å². The molecule has 0 saturated heterocycles. The number of halogens is 3. The van der Waals surface area contributed by atoms with Crippen LogP contribution in [-0.4, -0.2) is 33.2 Å². The van der Waals surface area contributed by atoms with Crippen molar-refractivity contribution < 1.29 is 18.0 Å². The number of nitrogens with one attached hydrogen (secondary N) is 2. The first kappa shape index (κ1) is 27.9. The van der Waals surface area contributed by atoms with Crippen LogP contribution in [0.5, 0.6) is 0 Å². The first-order valence-corrected chi connectivity index (χ1v) is 14.7. The summed E-state index contributed by atoms with van der Waals surface area (Å²) < 4.78 is 41.0. The zero-order valence-electron chi connectivity index (χ0n) is 21.0. The normalized spacial score (nSPS) is 11.5. The number of hydrogen-bond acceptors (Lipinski definition) is 8. The van der Waals surface area contributed by atoms with Crippen molar-refractivity contribution in [1.29, 1.82) is 0 Å². The molecule has 0 aliphatic carbocycles. The van der Waals surface area contributed by atoms with Crippen LogP contribution in [0.4, 0.5) is 24.1 Å². The van der Waals surface area contributed by atoms with Gasteiger partial charge in [0.25, 0.3) is 5.91 Å². The maximum atomic E-state index is 13.3. The Morgan fingerprint density at radius 2 is 1.85 bits per heavy atom. The summed E-state index contributed by atoms with van der Waals surface area (Å²) in [5, 5.41) is 7.42. The van der Waals surface area contributed by atoms with Gasteiger partial charge < -0.3 is 10.6 Å². The predicted octanol–water partition coefficient (Wildman–Crippen LogP) is 7.83. The highest BCUT2D eigenvalue weighted by atomic mass is 32.2. The van der Waals surface area contributed by atoms with Gasteiger partial charge in [-0.15, -0.1) is 11.8 Å². The number of rotatable bonds is 9. The van der Waals surface area contributed by atoms with E-state index in [1.807, 2.05) is 43.3 Å². The van der Waals surface area contributed by atoms with Crippen LogP contribution >= 0.6 is 34.9 Å². The van der Waals surface area contributed by atoms with Crippen LogP contribution in [0.3, 0.4) is 0 Å². The summed E-state index contributed by atoms with van der Waals surface area (Å²) in [6, 6.07) is 19.1. The number of fused-ring (bicyclic) bond motifs is 1. The van der Waals surface area contributed by atoms with Crippen LogP contribution < -0.4 is 10.6 Å². The van der Waals surface area contributed by atoms with Gasteiger partial charge in [-0.3, -0.25) is 4.79 Å². The molecule has 0 aliphatic heterocycles. The van der Waals surface area contributed by atoms with Crippen molar-refractivity contribution in [2.45, 2.75) is 27.1 Å². The number of hydrogen-bond donors (Lipinski definition) is 2. The minimum Gasteiger partial charge on any atom is -0.351 e. The summed E-state index contributed by atoms with van der Waals surface area (Å²) in [7, 11) is 0. The van der Waals surface area contributed by atoms with Gasteiger partial charge in [0, 0.05) is 39.2 Å². The SMILES string of the molecule is Cc1ccc(Sc2cnc(Nc3ccccn3)s2)cc1C(=O)NCCSc1cc(C(F)(F)F)nc2ccccc12. The lowest BCUT2D eigenvalue weighted by molar-refractivity contribution is -0.141. The van der Waals surface area contributed by atoms with Crippen LogP contribution in [0, 0.1) is 6.92 Å². The molecule has 12 heteroatoms. The number of thiazole rings is 1. The molecule has 0 radical (unpaired) electrons. The van der Waals surface area contributed by atoms with Crippen LogP contribution in [0.1, 0.15) is 21.6 Å². The van der Waals surface area contributed by atoms with Gasteiger partial charge in [0.05, 0.1) is 15.9 Å². The number of benzene rings is 2. The molecule has 5 aromatic rings. The number of carbonyl (C=O) groups is 1. The van der Waals surface area contributed by atoms with Crippen molar-refractivity contribution in [3.8, 4) is 0 Å². The highest BCUT2D eigenvalue weighted by molar-refractivity contribution is 8.01. The van der Waals surface area contributed by atoms with Gasteiger partial charge in [-0.2, -0.15) is 13.2 Å². The first-order chi connectivity index (χ1) is 19.3. The molecule has 0 fully saturated rings. The number of aryl methyl sites for hydroxylation is 1. The van der Waals surface area contributed by atoms with Crippen molar-refractivity contribution in [3.05, 3.63) is 95.9 Å². The molecule has 0 unspecified atom stereocenters. The largest absolute Gasteiger partial charge is 0.433 e. The summed E-state index contributed by atoms with van der Waals surface area (Å²) in [6.07, 6.45) is -1.07. The van der Waals surface area contributed by atoms with Crippen LogP contribution in [0.2, 0.25) is 0 Å². The predicted molar refractivity (Wildman–Crippen MR) is 155 cm³/mol. The van der Waals surface area contributed by atoms with Crippen LogP contribution in [0.25, 0.3) is 10.9 Å². The molecule has 0 bridgehead atoms. The van der Waals surface area contributed by atoms with Gasteiger partial charge in [-0.05, 0) is 48.9 Å². The molecule has 3 aromatic heterocycles. The molecule has 5 rings (SSSR count). The molecule has 0 saturated carbocycles. The fourth-order valence-corrected chi connectivity index (χ4v) is 6.61. The molecule has 0 spiro atoms. The summed E-state index contributed by atoms with van der Waals surface area (Å²) in [6.45, 7) is 2.15. The summed E-state index contributed by atoms with van der Waals surface area (Å²) >= 11 is 4.24. The molecular formula is C28H22F3N5OS3. The van der Waals surface area contributed by atoms with Gasteiger partial charge in [-0.1, -0.05) is 53.4 Å². The summed E-state index contributed by atoms with van der Waals surface area (Å²) in [5.74, 6) is 0.869. The molecule has 204 valence electrons. The van der Waals surface area contributed by atoms with Crippen molar-refractivity contribution in [3.63, 3.8) is 0 Å². The first-order valence-electron chi connectivity index (χ1n) is 12.1. The number of alkyl halides is 3. The second kappa shape index (κ2) is 12.3. The van der Waals surface area contributed by atoms with E-state index in [9.17, 15) is 18.0 Å². The van der Waals surface area contributed by atoms with E-state index in [-0.39, 0.29) is 18.0 Å². The molecule has 6 nitrogen and oxygen atoms in total. The average Bonchev–Trinajstić information content (AvgIpc) is 3.38. The fourth-order valence-electron chi connectivity index (χ4n) is 3.76. The van der Waals surface area contributed by atoms with E-state index in [0.29, 0.717) is 32.5 Å². The second-order valence-electron chi connectivity index (χ2n) is 8.53. The Labute approximate surface area is 240 Å². The minimum atomic E-state index is -4.54. The van der Waals surface area contributed by atoms with Gasteiger partial charge in [-0.25, -0.2) is 15.0 Å². The van der Waals surface area contributed by atoms with Crippen LogP contribution in [-0.2, 0) is 6.18 Å². The highest BCUT2D eigenvalue weighted by Crippen LogP contribution is 2.36. The number of pyridine rings is 2. The average molecular weight is 598 g/mol. The lowest BCUT2D eigenvalue weighted by Gasteiger charge is -2.12. The smallest absolute Gasteiger partial charge is 0.351 e. The zero-order chi connectivity index (χ0) is 28.1. The van der Waals surface area contributed by atoms with Crippen LogP contribution in [0.15, 0.2) is 93.1 Å². The van der Waals surface area contributed by atoms with E-state index >= 15 is 0 Å². The number of para-hydroxylation sites is 1. The molecular weight excluding hydrogens is 576 g/mol. The topological polar surface area (TPSA) is 79.8 Å². The number of aromatic nitrogens is 3. The van der Waals surface area contributed by atoms with E-state index in [4.69, 9.17) is 0 Å². The van der Waals surface area contributed by atoms with E-state index in [1.54, 1.807) is 36.7 Å². The lowest BCUT2D eigenvalue weighted by atomic mass is 10.1. The third-order valence-electron chi connectivity index (χ3n) is 5.67. The summed E-state index contributed by atoms with van der Waals surface area (Å²) in [5.41, 5.74) is 0.726. The van der Waals surface area contributed by atoms with E-state index in [2.05, 4.69) is 25.6 Å². The maximum absolute atomic E-state index is 13.3. The van der Waals surface area contributed by atoms with Crippen molar-refractivity contribution >= 4 is 62.6 Å². The fraction of sp³-hybridized carbons (Fsp3) is 0.143. The van der Waals surface area contributed by atoms with Crippen molar-refractivity contribution in [2.24, 2.45) is 0 Å². The standard InChI is InChI=1S/C28H22F3N5OS3/c1-17-9-10-18(39-25-16-34-27(40-25)36-24-8-4-5-11-32-24)14-20(17)26(37)33-12-13-38-22-15-23(28(29,30)31)35-21-7-3-2-6-19(21)22/h2-11,14-16H,12-13H2,1H3,(H,33,37)(H,32,34,36). The van der Waals surface area contributed by atoms with Gasteiger partial charge in [0.15, 0.2) is 5.13 Å². The number of thioether (sulfide) groups is 1. The Balaban J connectivity index is 1.20. The Hall–Kier alpha value is -3.61. The Bertz CT molecular complexity index is 1640. The van der Waals surface area contributed by atoms with Gasteiger partial charge >= 0.3 is 6.18 Å². The molecule has 0 atom stereocenters. The maximum Gasteiger partial charge on any atom is 0.433 e. The van der Waals surface area contributed by atoms with Gasteiger partial charge in [0.2, 0.25) is 0 Å². The van der Waals surface area contributed by atoms with Crippen molar-refractivity contribution in [1.82, 2.24) is 20.3 Å². The Morgan fingerprint density at radius 1 is 1.02 bits per heavy atom. The molecule has 40 heavy (non-hydrogen) atoms. The third-order valence-corrected chi connectivity index (χ3v) is 8.73. The number of carbonyl (C=O) groups excluding carboxylic acids is 1. The monoisotopic (exact) mass is 597 g/mol. The molecule has 3 heterocycles.